The molecule has 0 aliphatic carbocycles. The van der Waals surface area contributed by atoms with Crippen LogP contribution in [0.5, 0.6) is 0 Å². The summed E-state index contributed by atoms with van der Waals surface area (Å²) in [4.78, 5) is 25.8. The molecule has 1 amide bonds. The summed E-state index contributed by atoms with van der Waals surface area (Å²) in [6, 6.07) is 14.9. The van der Waals surface area contributed by atoms with Gasteiger partial charge in [-0.2, -0.15) is 0 Å². The van der Waals surface area contributed by atoms with Gasteiger partial charge in [0.05, 0.1) is 24.6 Å². The van der Waals surface area contributed by atoms with E-state index in [0.29, 0.717) is 23.5 Å². The van der Waals surface area contributed by atoms with Crippen LogP contribution < -0.4 is 9.21 Å². The van der Waals surface area contributed by atoms with E-state index in [1.807, 2.05) is 25.1 Å². The van der Waals surface area contributed by atoms with Crippen molar-refractivity contribution in [2.45, 2.75) is 6.92 Å². The lowest BCUT2D eigenvalue weighted by Gasteiger charge is -2.27. The van der Waals surface area contributed by atoms with Crippen LogP contribution in [0.4, 0.5) is 11.4 Å². The quantitative estimate of drug-likeness (QED) is 0.678. The number of sulfonamides is 1. The largest absolute Gasteiger partial charge is 0.465 e. The van der Waals surface area contributed by atoms with E-state index in [4.69, 9.17) is 0 Å². The monoisotopic (exact) mass is 390 g/mol. The van der Waals surface area contributed by atoms with Gasteiger partial charge < -0.3 is 9.64 Å². The fraction of sp³-hybridized carbons (Fsp3) is 0.263. The second-order valence-electron chi connectivity index (χ2n) is 5.78. The number of methoxy groups -OCH3 is 1. The number of rotatable bonds is 7. The number of nitrogens with zero attached hydrogens (tertiary/aromatic N) is 2. The summed E-state index contributed by atoms with van der Waals surface area (Å²) < 4.78 is 30.2. The Morgan fingerprint density at radius 2 is 1.56 bits per heavy atom. The third kappa shape index (κ3) is 5.07. The number of esters is 1. The van der Waals surface area contributed by atoms with Crippen LogP contribution in [-0.2, 0) is 19.6 Å². The first-order valence-electron chi connectivity index (χ1n) is 8.29. The summed E-state index contributed by atoms with van der Waals surface area (Å²) in [5, 5.41) is 0. The fourth-order valence-electron chi connectivity index (χ4n) is 2.60. The van der Waals surface area contributed by atoms with Gasteiger partial charge >= 0.3 is 5.97 Å². The first-order valence-corrected chi connectivity index (χ1v) is 10.1. The summed E-state index contributed by atoms with van der Waals surface area (Å²) in [5.41, 5.74) is 1.28. The Hall–Kier alpha value is -2.87. The number of carbonyl (C=O) groups excluding carboxylic acids is 2. The molecule has 2 rings (SSSR count). The highest BCUT2D eigenvalue weighted by Gasteiger charge is 2.24. The molecule has 0 aromatic heterocycles. The Balaban J connectivity index is 2.29. The van der Waals surface area contributed by atoms with Gasteiger partial charge in [0, 0.05) is 12.2 Å². The van der Waals surface area contributed by atoms with Crippen LogP contribution in [0, 0.1) is 0 Å². The summed E-state index contributed by atoms with van der Waals surface area (Å²) in [5.74, 6) is -0.879. The van der Waals surface area contributed by atoms with E-state index < -0.39 is 16.0 Å². The number of benzene rings is 2. The SMILES string of the molecule is CCN(C(=O)CN(c1ccc(C(=O)OC)cc1)S(C)(=O)=O)c1ccccc1. The van der Waals surface area contributed by atoms with Crippen molar-refractivity contribution in [2.24, 2.45) is 0 Å². The maximum atomic E-state index is 12.8. The molecule has 0 unspecified atom stereocenters. The van der Waals surface area contributed by atoms with E-state index in [1.165, 1.54) is 36.3 Å². The number of ether oxygens (including phenoxy) is 1. The highest BCUT2D eigenvalue weighted by molar-refractivity contribution is 7.92. The molecule has 7 nitrogen and oxygen atoms in total. The molecule has 0 fully saturated rings. The molecule has 0 saturated heterocycles. The third-order valence-electron chi connectivity index (χ3n) is 3.94. The van der Waals surface area contributed by atoms with Crippen molar-refractivity contribution in [3.8, 4) is 0 Å². The zero-order chi connectivity index (χ0) is 20.0. The first kappa shape index (κ1) is 20.4. The van der Waals surface area contributed by atoms with Crippen LogP contribution >= 0.6 is 0 Å². The van der Waals surface area contributed by atoms with Crippen molar-refractivity contribution in [3.63, 3.8) is 0 Å². The molecule has 0 bridgehead atoms. The predicted octanol–water partition coefficient (Wildman–Crippen LogP) is 2.29. The molecule has 2 aromatic carbocycles. The Labute approximate surface area is 159 Å². The number of likely N-dealkylation sites (N-methyl/N-ethyl adjacent to an activating group) is 1. The maximum absolute atomic E-state index is 12.8. The van der Waals surface area contributed by atoms with Gasteiger partial charge in [0.15, 0.2) is 0 Å². The van der Waals surface area contributed by atoms with Crippen molar-refractivity contribution in [1.29, 1.82) is 0 Å². The van der Waals surface area contributed by atoms with Gasteiger partial charge in [-0.15, -0.1) is 0 Å². The van der Waals surface area contributed by atoms with Crippen molar-refractivity contribution in [2.75, 3.05) is 35.7 Å². The van der Waals surface area contributed by atoms with Crippen molar-refractivity contribution in [3.05, 3.63) is 60.2 Å². The minimum Gasteiger partial charge on any atom is -0.465 e. The van der Waals surface area contributed by atoms with Crippen molar-refractivity contribution < 1.29 is 22.7 Å². The molecule has 2 aromatic rings. The molecule has 0 atom stereocenters. The Bertz CT molecular complexity index is 895. The molecule has 0 saturated carbocycles. The van der Waals surface area contributed by atoms with E-state index >= 15 is 0 Å². The maximum Gasteiger partial charge on any atom is 0.337 e. The summed E-state index contributed by atoms with van der Waals surface area (Å²) >= 11 is 0. The lowest BCUT2D eigenvalue weighted by atomic mass is 10.2. The molecule has 0 radical (unpaired) electrons. The average Bonchev–Trinajstić information content (AvgIpc) is 2.66. The predicted molar refractivity (Wildman–Crippen MR) is 104 cm³/mol. The highest BCUT2D eigenvalue weighted by Crippen LogP contribution is 2.20. The van der Waals surface area contributed by atoms with Gasteiger partial charge in [-0.05, 0) is 43.3 Å². The molecule has 0 aliphatic heterocycles. The fourth-order valence-corrected chi connectivity index (χ4v) is 3.45. The summed E-state index contributed by atoms with van der Waals surface area (Å²) in [7, 11) is -2.44. The normalized spacial score (nSPS) is 10.9. The lowest BCUT2D eigenvalue weighted by molar-refractivity contribution is -0.117. The van der Waals surface area contributed by atoms with E-state index in [9.17, 15) is 18.0 Å². The molecule has 27 heavy (non-hydrogen) atoms. The lowest BCUT2D eigenvalue weighted by Crippen LogP contribution is -2.42. The minimum absolute atomic E-state index is 0.292. The van der Waals surface area contributed by atoms with Crippen LogP contribution in [0.15, 0.2) is 54.6 Å². The first-order chi connectivity index (χ1) is 12.8. The summed E-state index contributed by atoms with van der Waals surface area (Å²) in [6.07, 6.45) is 1.04. The summed E-state index contributed by atoms with van der Waals surface area (Å²) in [6.45, 7) is 1.88. The molecule has 8 heteroatoms. The Morgan fingerprint density at radius 1 is 0.963 bits per heavy atom. The second-order valence-corrected chi connectivity index (χ2v) is 7.69. The van der Waals surface area contributed by atoms with Crippen LogP contribution in [-0.4, -0.2) is 46.7 Å². The Morgan fingerprint density at radius 3 is 2.04 bits per heavy atom. The molecule has 0 spiro atoms. The molecule has 0 heterocycles. The smallest absolute Gasteiger partial charge is 0.337 e. The van der Waals surface area contributed by atoms with E-state index in [0.717, 1.165) is 10.6 Å². The number of hydrogen-bond donors (Lipinski definition) is 0. The van der Waals surface area contributed by atoms with Gasteiger partial charge in [0.25, 0.3) is 0 Å². The molecular weight excluding hydrogens is 368 g/mol. The Kier molecular flexibility index (Phi) is 6.57. The second kappa shape index (κ2) is 8.68. The molecule has 0 N–H and O–H groups in total. The third-order valence-corrected chi connectivity index (χ3v) is 5.08. The van der Waals surface area contributed by atoms with Crippen molar-refractivity contribution >= 4 is 33.3 Å². The molecular formula is C19H22N2O5S. The van der Waals surface area contributed by atoms with Gasteiger partial charge in [-0.25, -0.2) is 13.2 Å². The number of carbonyl (C=O) groups is 2. The average molecular weight is 390 g/mol. The molecule has 0 aliphatic rings. The van der Waals surface area contributed by atoms with Crippen LogP contribution in [0.3, 0.4) is 0 Å². The van der Waals surface area contributed by atoms with Crippen LogP contribution in [0.25, 0.3) is 0 Å². The van der Waals surface area contributed by atoms with Gasteiger partial charge in [0.1, 0.15) is 6.54 Å². The number of anilines is 2. The number of para-hydroxylation sites is 1. The van der Waals surface area contributed by atoms with Gasteiger partial charge in [0.2, 0.25) is 15.9 Å². The van der Waals surface area contributed by atoms with Crippen LogP contribution in [0.1, 0.15) is 17.3 Å². The van der Waals surface area contributed by atoms with Crippen LogP contribution in [0.2, 0.25) is 0 Å². The van der Waals surface area contributed by atoms with Gasteiger partial charge in [-0.1, -0.05) is 18.2 Å². The van der Waals surface area contributed by atoms with Crippen molar-refractivity contribution in [1.82, 2.24) is 0 Å². The minimum atomic E-state index is -3.71. The van der Waals surface area contributed by atoms with E-state index in [1.54, 1.807) is 12.1 Å². The van der Waals surface area contributed by atoms with E-state index in [-0.39, 0.29) is 12.5 Å². The van der Waals surface area contributed by atoms with E-state index in [2.05, 4.69) is 4.74 Å². The molecule has 144 valence electrons. The standard InChI is InChI=1S/C19H22N2O5S/c1-4-20(16-8-6-5-7-9-16)18(22)14-21(27(3,24)25)17-12-10-15(11-13-17)19(23)26-2/h5-13H,4,14H2,1-3H3. The topological polar surface area (TPSA) is 84.0 Å². The number of hydrogen-bond acceptors (Lipinski definition) is 5. The zero-order valence-electron chi connectivity index (χ0n) is 15.5. The van der Waals surface area contributed by atoms with Gasteiger partial charge in [-0.3, -0.25) is 9.10 Å². The number of amides is 1. The highest BCUT2D eigenvalue weighted by atomic mass is 32.2. The zero-order valence-corrected chi connectivity index (χ0v) is 16.3.